The summed E-state index contributed by atoms with van der Waals surface area (Å²) in [7, 11) is 0. The predicted octanol–water partition coefficient (Wildman–Crippen LogP) is 1.89. The van der Waals surface area contributed by atoms with Gasteiger partial charge in [-0.1, -0.05) is 37.3 Å². The maximum atomic E-state index is 9.78. The predicted molar refractivity (Wildman–Crippen MR) is 61.5 cm³/mol. The lowest BCUT2D eigenvalue weighted by Gasteiger charge is -2.34. The van der Waals surface area contributed by atoms with Crippen LogP contribution in [0.2, 0.25) is 0 Å². The molecule has 2 nitrogen and oxygen atoms in total. The van der Waals surface area contributed by atoms with Crippen LogP contribution >= 0.6 is 0 Å². The summed E-state index contributed by atoms with van der Waals surface area (Å²) in [5, 5.41) is 9.78. The third-order valence-electron chi connectivity index (χ3n) is 3.25. The first-order valence-electron chi connectivity index (χ1n) is 5.70. The van der Waals surface area contributed by atoms with Gasteiger partial charge in [0.15, 0.2) is 0 Å². The smallest absolute Gasteiger partial charge is 0.0693 e. The minimum atomic E-state index is -0.150. The fourth-order valence-corrected chi connectivity index (χ4v) is 2.10. The Morgan fingerprint density at radius 2 is 2.07 bits per heavy atom. The van der Waals surface area contributed by atoms with E-state index >= 15 is 0 Å². The third-order valence-corrected chi connectivity index (χ3v) is 3.25. The Kier molecular flexibility index (Phi) is 3.39. The van der Waals surface area contributed by atoms with Gasteiger partial charge in [0.1, 0.15) is 0 Å². The second-order valence-corrected chi connectivity index (χ2v) is 4.55. The van der Waals surface area contributed by atoms with Gasteiger partial charge in [0, 0.05) is 13.1 Å². The Hall–Kier alpha value is -0.860. The van der Waals surface area contributed by atoms with Gasteiger partial charge in [0.25, 0.3) is 0 Å². The van der Waals surface area contributed by atoms with E-state index in [0.717, 1.165) is 26.1 Å². The lowest BCUT2D eigenvalue weighted by atomic mass is 9.96. The minimum Gasteiger partial charge on any atom is -0.392 e. The summed E-state index contributed by atoms with van der Waals surface area (Å²) in [6.07, 6.45) is 0.955. The first-order valence-corrected chi connectivity index (χ1v) is 5.70. The Balaban J connectivity index is 1.91. The molecule has 0 radical (unpaired) electrons. The number of piperidine rings is 1. The lowest BCUT2D eigenvalue weighted by Crippen LogP contribution is -2.42. The SMILES string of the molecule is C[C@@H]1CCN(Cc2ccccc2)C[C@H]1O. The fraction of sp³-hybridized carbons (Fsp3) is 0.538. The van der Waals surface area contributed by atoms with Crippen molar-refractivity contribution in [2.75, 3.05) is 13.1 Å². The molecule has 1 aliphatic rings. The van der Waals surface area contributed by atoms with E-state index in [4.69, 9.17) is 0 Å². The number of hydrogen-bond acceptors (Lipinski definition) is 2. The molecule has 0 aromatic heterocycles. The van der Waals surface area contributed by atoms with Gasteiger partial charge in [0.05, 0.1) is 6.10 Å². The van der Waals surface area contributed by atoms with Crippen LogP contribution in [0.15, 0.2) is 30.3 Å². The van der Waals surface area contributed by atoms with Gasteiger partial charge in [-0.25, -0.2) is 0 Å². The summed E-state index contributed by atoms with van der Waals surface area (Å²) >= 11 is 0. The second-order valence-electron chi connectivity index (χ2n) is 4.55. The summed E-state index contributed by atoms with van der Waals surface area (Å²) in [5.41, 5.74) is 1.33. The number of rotatable bonds is 2. The molecule has 2 heteroatoms. The number of aliphatic hydroxyl groups is 1. The maximum Gasteiger partial charge on any atom is 0.0693 e. The fourth-order valence-electron chi connectivity index (χ4n) is 2.10. The van der Waals surface area contributed by atoms with E-state index in [9.17, 15) is 5.11 Å². The van der Waals surface area contributed by atoms with E-state index in [0.29, 0.717) is 5.92 Å². The zero-order valence-electron chi connectivity index (χ0n) is 9.26. The van der Waals surface area contributed by atoms with Crippen LogP contribution in [-0.4, -0.2) is 29.2 Å². The van der Waals surface area contributed by atoms with E-state index in [1.165, 1.54) is 5.56 Å². The molecule has 0 spiro atoms. The molecule has 82 valence electrons. The van der Waals surface area contributed by atoms with E-state index in [1.54, 1.807) is 0 Å². The zero-order chi connectivity index (χ0) is 10.7. The lowest BCUT2D eigenvalue weighted by molar-refractivity contribution is 0.0259. The van der Waals surface area contributed by atoms with Crippen molar-refractivity contribution in [2.24, 2.45) is 5.92 Å². The average molecular weight is 205 g/mol. The first kappa shape index (κ1) is 10.7. The van der Waals surface area contributed by atoms with Crippen LogP contribution in [0, 0.1) is 5.92 Å². The van der Waals surface area contributed by atoms with Crippen molar-refractivity contribution in [3.05, 3.63) is 35.9 Å². The summed E-state index contributed by atoms with van der Waals surface area (Å²) < 4.78 is 0. The van der Waals surface area contributed by atoms with Gasteiger partial charge in [-0.15, -0.1) is 0 Å². The highest BCUT2D eigenvalue weighted by Gasteiger charge is 2.23. The molecule has 1 aromatic rings. The molecule has 1 aromatic carbocycles. The minimum absolute atomic E-state index is 0.150. The summed E-state index contributed by atoms with van der Waals surface area (Å²) in [5.74, 6) is 0.456. The summed E-state index contributed by atoms with van der Waals surface area (Å²) in [6, 6.07) is 10.5. The normalized spacial score (nSPS) is 27.9. The van der Waals surface area contributed by atoms with E-state index in [-0.39, 0.29) is 6.10 Å². The van der Waals surface area contributed by atoms with Crippen LogP contribution in [0.4, 0.5) is 0 Å². The number of nitrogens with zero attached hydrogens (tertiary/aromatic N) is 1. The highest BCUT2D eigenvalue weighted by Crippen LogP contribution is 2.18. The highest BCUT2D eigenvalue weighted by molar-refractivity contribution is 5.14. The van der Waals surface area contributed by atoms with Gasteiger partial charge in [-0.05, 0) is 24.4 Å². The standard InChI is InChI=1S/C13H19NO/c1-11-7-8-14(10-13(11)15)9-12-5-3-2-4-6-12/h2-6,11,13,15H,7-10H2,1H3/t11-,13-/m1/s1. The summed E-state index contributed by atoms with van der Waals surface area (Å²) in [6.45, 7) is 5.01. The largest absolute Gasteiger partial charge is 0.392 e. The van der Waals surface area contributed by atoms with Crippen LogP contribution in [0.25, 0.3) is 0 Å². The van der Waals surface area contributed by atoms with Gasteiger partial charge in [-0.3, -0.25) is 4.90 Å². The van der Waals surface area contributed by atoms with Gasteiger partial charge < -0.3 is 5.11 Å². The molecule has 1 saturated heterocycles. The molecule has 1 N–H and O–H groups in total. The van der Waals surface area contributed by atoms with Crippen LogP contribution in [0.3, 0.4) is 0 Å². The van der Waals surface area contributed by atoms with Crippen LogP contribution in [0.5, 0.6) is 0 Å². The number of hydrogen-bond donors (Lipinski definition) is 1. The molecule has 0 unspecified atom stereocenters. The van der Waals surface area contributed by atoms with Crippen molar-refractivity contribution in [3.63, 3.8) is 0 Å². The monoisotopic (exact) mass is 205 g/mol. The Bertz CT molecular complexity index is 299. The number of benzene rings is 1. The molecule has 2 atom stereocenters. The molecular formula is C13H19NO. The molecule has 0 aliphatic carbocycles. The Morgan fingerprint density at radius 3 is 2.73 bits per heavy atom. The number of β-amino-alcohol motifs (C(OH)–C–C–N with tert-alkyl or cyclic N) is 1. The Labute approximate surface area is 91.5 Å². The highest BCUT2D eigenvalue weighted by atomic mass is 16.3. The van der Waals surface area contributed by atoms with E-state index in [1.807, 2.05) is 6.07 Å². The van der Waals surface area contributed by atoms with Crippen molar-refractivity contribution < 1.29 is 5.11 Å². The molecular weight excluding hydrogens is 186 g/mol. The Morgan fingerprint density at radius 1 is 1.33 bits per heavy atom. The first-order chi connectivity index (χ1) is 7.25. The van der Waals surface area contributed by atoms with Crippen LogP contribution < -0.4 is 0 Å². The van der Waals surface area contributed by atoms with Crippen molar-refractivity contribution in [1.29, 1.82) is 0 Å². The zero-order valence-corrected chi connectivity index (χ0v) is 9.26. The van der Waals surface area contributed by atoms with Crippen molar-refractivity contribution in [1.82, 2.24) is 4.90 Å². The van der Waals surface area contributed by atoms with E-state index in [2.05, 4.69) is 36.1 Å². The van der Waals surface area contributed by atoms with E-state index < -0.39 is 0 Å². The molecule has 0 bridgehead atoms. The summed E-state index contributed by atoms with van der Waals surface area (Å²) in [4.78, 5) is 2.33. The average Bonchev–Trinajstić information content (AvgIpc) is 2.25. The van der Waals surface area contributed by atoms with Gasteiger partial charge >= 0.3 is 0 Å². The number of likely N-dealkylation sites (tertiary alicyclic amines) is 1. The molecule has 1 fully saturated rings. The molecule has 2 rings (SSSR count). The second kappa shape index (κ2) is 4.77. The van der Waals surface area contributed by atoms with Crippen LogP contribution in [-0.2, 0) is 6.54 Å². The van der Waals surface area contributed by atoms with Crippen molar-refractivity contribution >= 4 is 0 Å². The topological polar surface area (TPSA) is 23.5 Å². The molecule has 1 aliphatic heterocycles. The molecule has 1 heterocycles. The number of aliphatic hydroxyl groups excluding tert-OH is 1. The van der Waals surface area contributed by atoms with Crippen molar-refractivity contribution in [3.8, 4) is 0 Å². The molecule has 0 amide bonds. The third kappa shape index (κ3) is 2.80. The molecule has 15 heavy (non-hydrogen) atoms. The molecule has 0 saturated carbocycles. The van der Waals surface area contributed by atoms with Crippen molar-refractivity contribution in [2.45, 2.75) is 26.0 Å². The van der Waals surface area contributed by atoms with Gasteiger partial charge in [0.2, 0.25) is 0 Å². The van der Waals surface area contributed by atoms with Gasteiger partial charge in [-0.2, -0.15) is 0 Å². The maximum absolute atomic E-state index is 9.78. The quantitative estimate of drug-likeness (QED) is 0.797. The van der Waals surface area contributed by atoms with Crippen LogP contribution in [0.1, 0.15) is 18.9 Å².